The number of benzene rings is 2. The van der Waals surface area contributed by atoms with Crippen molar-refractivity contribution in [1.29, 1.82) is 0 Å². The molecule has 1 amide bonds. The lowest BCUT2D eigenvalue weighted by Gasteiger charge is -2.26. The van der Waals surface area contributed by atoms with E-state index >= 15 is 0 Å². The second-order valence-corrected chi connectivity index (χ2v) is 7.14. The van der Waals surface area contributed by atoms with Gasteiger partial charge in [-0.3, -0.25) is 9.79 Å². The molecule has 6 nitrogen and oxygen atoms in total. The minimum atomic E-state index is -0.0976. The first-order valence-corrected chi connectivity index (χ1v) is 9.69. The maximum Gasteiger partial charge on any atom is 0.225 e. The smallest absolute Gasteiger partial charge is 0.225 e. The molecule has 2 atom stereocenters. The third-order valence-electron chi connectivity index (χ3n) is 4.57. The number of amides is 1. The van der Waals surface area contributed by atoms with Gasteiger partial charge in [-0.15, -0.1) is 0 Å². The number of aliphatic imine (C=N–C) groups is 1. The summed E-state index contributed by atoms with van der Waals surface area (Å²) in [7, 11) is 1.72. The van der Waals surface area contributed by atoms with Crippen molar-refractivity contribution < 1.29 is 9.53 Å². The highest BCUT2D eigenvalue weighted by Crippen LogP contribution is 2.31. The summed E-state index contributed by atoms with van der Waals surface area (Å²) in [4.78, 5) is 16.2. The predicted molar refractivity (Wildman–Crippen MR) is 113 cm³/mol. The van der Waals surface area contributed by atoms with Crippen molar-refractivity contribution in [2.75, 3.05) is 25.5 Å². The molecule has 3 rings (SSSR count). The largest absolute Gasteiger partial charge is 0.487 e. The molecule has 1 aliphatic heterocycles. The van der Waals surface area contributed by atoms with E-state index in [9.17, 15) is 4.79 Å². The van der Waals surface area contributed by atoms with Crippen molar-refractivity contribution in [3.8, 4) is 5.75 Å². The summed E-state index contributed by atoms with van der Waals surface area (Å²) >= 11 is 6.13. The van der Waals surface area contributed by atoms with Crippen LogP contribution in [0.1, 0.15) is 24.8 Å². The number of hydrogen-bond acceptors (Lipinski definition) is 3. The zero-order chi connectivity index (χ0) is 19.9. The fourth-order valence-electron chi connectivity index (χ4n) is 3.16. The molecule has 0 saturated heterocycles. The molecule has 1 heterocycles. The van der Waals surface area contributed by atoms with E-state index < -0.39 is 0 Å². The topological polar surface area (TPSA) is 74.8 Å². The van der Waals surface area contributed by atoms with Gasteiger partial charge >= 0.3 is 0 Å². The Bertz CT molecular complexity index is 856. The number of fused-ring (bicyclic) bond motifs is 1. The quantitative estimate of drug-likeness (QED) is 0.513. The Morgan fingerprint density at radius 3 is 2.79 bits per heavy atom. The van der Waals surface area contributed by atoms with Crippen molar-refractivity contribution in [2.45, 2.75) is 25.4 Å². The van der Waals surface area contributed by atoms with Crippen LogP contribution in [0.3, 0.4) is 0 Å². The molecule has 28 heavy (non-hydrogen) atoms. The van der Waals surface area contributed by atoms with Gasteiger partial charge in [0, 0.05) is 31.6 Å². The summed E-state index contributed by atoms with van der Waals surface area (Å²) in [6.07, 6.45) is 0.354. The van der Waals surface area contributed by atoms with Crippen LogP contribution in [0, 0.1) is 0 Å². The minimum Gasteiger partial charge on any atom is -0.487 e. The monoisotopic (exact) mass is 400 g/mol. The number of hydrogen-bond donors (Lipinski definition) is 3. The molecule has 0 fully saturated rings. The van der Waals surface area contributed by atoms with Crippen molar-refractivity contribution in [2.24, 2.45) is 4.99 Å². The molecule has 0 radical (unpaired) electrons. The second-order valence-electron chi connectivity index (χ2n) is 6.73. The summed E-state index contributed by atoms with van der Waals surface area (Å²) in [5.41, 5.74) is 2.02. The molecule has 2 unspecified atom stereocenters. The van der Waals surface area contributed by atoms with Gasteiger partial charge in [-0.25, -0.2) is 0 Å². The van der Waals surface area contributed by atoms with E-state index in [1.54, 1.807) is 13.1 Å². The standard InChI is InChI=1S/C21H25ClN4O2/c1-14(28-19-10-6-4-8-17(19)22)12-24-21(23-2)25-13-15-11-20(27)26-18-9-5-3-7-16(15)18/h3-10,14-15H,11-13H2,1-2H3,(H,26,27)(H2,23,24,25). The third-order valence-corrected chi connectivity index (χ3v) is 4.88. The summed E-state index contributed by atoms with van der Waals surface area (Å²) in [6, 6.07) is 15.3. The number of rotatable bonds is 6. The van der Waals surface area contributed by atoms with Gasteiger partial charge in [-0.2, -0.15) is 0 Å². The molecule has 7 heteroatoms. The van der Waals surface area contributed by atoms with Crippen molar-refractivity contribution in [3.63, 3.8) is 0 Å². The zero-order valence-electron chi connectivity index (χ0n) is 16.0. The fourth-order valence-corrected chi connectivity index (χ4v) is 3.34. The van der Waals surface area contributed by atoms with Gasteiger partial charge in [-0.1, -0.05) is 41.9 Å². The SMILES string of the molecule is CN=C(NCC(C)Oc1ccccc1Cl)NCC1CC(=O)Nc2ccccc21. The zero-order valence-corrected chi connectivity index (χ0v) is 16.8. The van der Waals surface area contributed by atoms with E-state index in [2.05, 4.69) is 27.0 Å². The number of ether oxygens (including phenoxy) is 1. The van der Waals surface area contributed by atoms with Gasteiger partial charge in [-0.05, 0) is 30.7 Å². The van der Waals surface area contributed by atoms with Crippen LogP contribution in [0.2, 0.25) is 5.02 Å². The summed E-state index contributed by atoms with van der Waals surface area (Å²) in [6.45, 7) is 3.14. The van der Waals surface area contributed by atoms with E-state index in [1.165, 1.54) is 0 Å². The van der Waals surface area contributed by atoms with Crippen molar-refractivity contribution in [1.82, 2.24) is 10.6 Å². The Balaban J connectivity index is 1.51. The molecule has 0 bridgehead atoms. The average molecular weight is 401 g/mol. The second kappa shape index (κ2) is 9.46. The van der Waals surface area contributed by atoms with Gasteiger partial charge in [0.05, 0.1) is 11.6 Å². The summed E-state index contributed by atoms with van der Waals surface area (Å²) < 4.78 is 5.86. The van der Waals surface area contributed by atoms with Crippen LogP contribution in [0.5, 0.6) is 5.75 Å². The molecule has 1 aliphatic rings. The number of para-hydroxylation sites is 2. The molecule has 2 aromatic rings. The van der Waals surface area contributed by atoms with E-state index in [1.807, 2.05) is 43.3 Å². The first kappa shape index (κ1) is 20.0. The highest BCUT2D eigenvalue weighted by atomic mass is 35.5. The lowest BCUT2D eigenvalue weighted by Crippen LogP contribution is -2.43. The van der Waals surface area contributed by atoms with Crippen LogP contribution in [0.4, 0.5) is 5.69 Å². The van der Waals surface area contributed by atoms with E-state index in [0.29, 0.717) is 36.2 Å². The number of halogens is 1. The maximum atomic E-state index is 12.0. The molecule has 0 spiro atoms. The Labute approximate surface area is 170 Å². The van der Waals surface area contributed by atoms with Crippen LogP contribution in [0.15, 0.2) is 53.5 Å². The highest BCUT2D eigenvalue weighted by Gasteiger charge is 2.24. The lowest BCUT2D eigenvalue weighted by molar-refractivity contribution is -0.116. The van der Waals surface area contributed by atoms with Gasteiger partial charge in [0.1, 0.15) is 11.9 Å². The maximum absolute atomic E-state index is 12.0. The molecular formula is C21H25ClN4O2. The van der Waals surface area contributed by atoms with E-state index in [-0.39, 0.29) is 17.9 Å². The first-order valence-electron chi connectivity index (χ1n) is 9.31. The number of anilines is 1. The fraction of sp³-hybridized carbons (Fsp3) is 0.333. The molecule has 2 aromatic carbocycles. The molecule has 0 aromatic heterocycles. The van der Waals surface area contributed by atoms with E-state index in [4.69, 9.17) is 16.3 Å². The third kappa shape index (κ3) is 5.16. The van der Waals surface area contributed by atoms with Crippen LogP contribution < -0.4 is 20.7 Å². The van der Waals surface area contributed by atoms with Crippen LogP contribution in [-0.4, -0.2) is 38.1 Å². The molecule has 3 N–H and O–H groups in total. The number of carbonyl (C=O) groups is 1. The molecule has 0 saturated carbocycles. The Kier molecular flexibility index (Phi) is 6.76. The normalized spacial score (nSPS) is 17.3. The van der Waals surface area contributed by atoms with Crippen LogP contribution >= 0.6 is 11.6 Å². The predicted octanol–water partition coefficient (Wildman–Crippen LogP) is 3.40. The highest BCUT2D eigenvalue weighted by molar-refractivity contribution is 6.32. The summed E-state index contributed by atoms with van der Waals surface area (Å²) in [5.74, 6) is 1.46. The number of nitrogens with zero attached hydrogens (tertiary/aromatic N) is 1. The average Bonchev–Trinajstić information content (AvgIpc) is 2.69. The number of nitrogens with one attached hydrogen (secondary N) is 3. The Hall–Kier alpha value is -2.73. The lowest BCUT2D eigenvalue weighted by atomic mass is 9.90. The van der Waals surface area contributed by atoms with Crippen LogP contribution in [-0.2, 0) is 4.79 Å². The van der Waals surface area contributed by atoms with E-state index in [0.717, 1.165) is 11.3 Å². The van der Waals surface area contributed by atoms with Gasteiger partial charge in [0.15, 0.2) is 5.96 Å². The van der Waals surface area contributed by atoms with Gasteiger partial charge < -0.3 is 20.7 Å². The summed E-state index contributed by atoms with van der Waals surface area (Å²) in [5, 5.41) is 10.1. The molecular weight excluding hydrogens is 376 g/mol. The number of carbonyl (C=O) groups excluding carboxylic acids is 1. The molecule has 148 valence electrons. The minimum absolute atomic E-state index is 0.0372. The Morgan fingerprint density at radius 2 is 2.00 bits per heavy atom. The Morgan fingerprint density at radius 1 is 1.25 bits per heavy atom. The van der Waals surface area contributed by atoms with Crippen molar-refractivity contribution in [3.05, 3.63) is 59.1 Å². The van der Waals surface area contributed by atoms with Crippen LogP contribution in [0.25, 0.3) is 0 Å². The van der Waals surface area contributed by atoms with Crippen molar-refractivity contribution >= 4 is 29.2 Å². The van der Waals surface area contributed by atoms with Gasteiger partial charge in [0.2, 0.25) is 5.91 Å². The first-order chi connectivity index (χ1) is 13.6. The molecule has 0 aliphatic carbocycles. The number of guanidine groups is 1. The van der Waals surface area contributed by atoms with Gasteiger partial charge in [0.25, 0.3) is 0 Å².